The Hall–Kier alpha value is -0.780. The third-order valence-electron chi connectivity index (χ3n) is 3.16. The molecular weight excluding hydrogens is 325 g/mol. The van der Waals surface area contributed by atoms with Crippen molar-refractivity contribution in [2.75, 3.05) is 13.1 Å². The highest BCUT2D eigenvalue weighted by atomic mass is 127. The molecule has 1 N–H and O–H groups in total. The van der Waals surface area contributed by atoms with Crippen molar-refractivity contribution in [1.82, 2.24) is 10.2 Å². The molecule has 0 bridgehead atoms. The molecule has 1 heterocycles. The Morgan fingerprint density at radius 3 is 2.71 bits per heavy atom. The summed E-state index contributed by atoms with van der Waals surface area (Å²) in [6.07, 6.45) is 2.68. The van der Waals surface area contributed by atoms with Gasteiger partial charge in [0.05, 0.1) is 6.54 Å². The fourth-order valence-electron chi connectivity index (χ4n) is 2.14. The van der Waals surface area contributed by atoms with Crippen molar-refractivity contribution in [3.8, 4) is 0 Å². The average Bonchev–Trinajstić information content (AvgIpc) is 3.07. The van der Waals surface area contributed by atoms with Gasteiger partial charge in [-0.15, -0.1) is 24.0 Å². The summed E-state index contributed by atoms with van der Waals surface area (Å²) in [4.78, 5) is 6.94. The van der Waals surface area contributed by atoms with E-state index in [4.69, 9.17) is 0 Å². The normalized spacial score (nSPS) is 18.6. The largest absolute Gasteiger partial charge is 0.352 e. The summed E-state index contributed by atoms with van der Waals surface area (Å²) in [5.74, 6) is 1.10. The first kappa shape index (κ1) is 12.7. The van der Waals surface area contributed by atoms with Gasteiger partial charge in [-0.1, -0.05) is 30.3 Å². The van der Waals surface area contributed by atoms with E-state index in [9.17, 15) is 0 Å². The maximum atomic E-state index is 4.52. The first-order chi connectivity index (χ1) is 7.93. The van der Waals surface area contributed by atoms with E-state index in [1.165, 1.54) is 18.4 Å². The van der Waals surface area contributed by atoms with Crippen LogP contribution in [0, 0.1) is 0 Å². The van der Waals surface area contributed by atoms with E-state index in [2.05, 4.69) is 39.5 Å². The van der Waals surface area contributed by atoms with Crippen LogP contribution in [-0.4, -0.2) is 30.0 Å². The third kappa shape index (κ3) is 3.12. The molecule has 0 aromatic heterocycles. The predicted octanol–water partition coefficient (Wildman–Crippen LogP) is 2.23. The Balaban J connectivity index is 0.00000108. The number of rotatable bonds is 3. The highest BCUT2D eigenvalue weighted by Crippen LogP contribution is 2.27. The maximum Gasteiger partial charge on any atom is 0.194 e. The smallest absolute Gasteiger partial charge is 0.194 e. The van der Waals surface area contributed by atoms with E-state index >= 15 is 0 Å². The van der Waals surface area contributed by atoms with Gasteiger partial charge in [0.1, 0.15) is 0 Å². The summed E-state index contributed by atoms with van der Waals surface area (Å²) in [6, 6.07) is 11.3. The SMILES string of the molecule is I.c1ccc(CNC2=NCCN2C2CC2)cc1. The summed E-state index contributed by atoms with van der Waals surface area (Å²) in [7, 11) is 0. The maximum absolute atomic E-state index is 4.52. The minimum Gasteiger partial charge on any atom is -0.352 e. The molecule has 0 spiro atoms. The fourth-order valence-corrected chi connectivity index (χ4v) is 2.14. The summed E-state index contributed by atoms with van der Waals surface area (Å²) >= 11 is 0. The van der Waals surface area contributed by atoms with Crippen molar-refractivity contribution in [1.29, 1.82) is 0 Å². The number of halogens is 1. The number of guanidine groups is 1. The molecule has 0 atom stereocenters. The van der Waals surface area contributed by atoms with Crippen LogP contribution in [0.5, 0.6) is 0 Å². The van der Waals surface area contributed by atoms with E-state index in [1.807, 2.05) is 6.07 Å². The molecule has 1 fully saturated rings. The Morgan fingerprint density at radius 1 is 1.24 bits per heavy atom. The molecule has 1 aromatic carbocycles. The van der Waals surface area contributed by atoms with Gasteiger partial charge in [0.2, 0.25) is 0 Å². The lowest BCUT2D eigenvalue weighted by Crippen LogP contribution is -2.39. The molecule has 92 valence electrons. The van der Waals surface area contributed by atoms with E-state index in [1.54, 1.807) is 0 Å². The lowest BCUT2D eigenvalue weighted by molar-refractivity contribution is 0.433. The quantitative estimate of drug-likeness (QED) is 0.853. The highest BCUT2D eigenvalue weighted by molar-refractivity contribution is 14.0. The van der Waals surface area contributed by atoms with Gasteiger partial charge in [0.25, 0.3) is 0 Å². The lowest BCUT2D eigenvalue weighted by Gasteiger charge is -2.20. The third-order valence-corrected chi connectivity index (χ3v) is 3.16. The summed E-state index contributed by atoms with van der Waals surface area (Å²) in [5, 5.41) is 3.45. The molecule has 0 radical (unpaired) electrons. The zero-order valence-corrected chi connectivity index (χ0v) is 12.1. The molecule has 0 amide bonds. The van der Waals surface area contributed by atoms with Gasteiger partial charge in [-0.3, -0.25) is 4.99 Å². The van der Waals surface area contributed by atoms with Gasteiger partial charge in [-0.05, 0) is 18.4 Å². The van der Waals surface area contributed by atoms with Crippen molar-refractivity contribution in [3.05, 3.63) is 35.9 Å². The molecule has 17 heavy (non-hydrogen) atoms. The van der Waals surface area contributed by atoms with Crippen molar-refractivity contribution in [2.24, 2.45) is 4.99 Å². The summed E-state index contributed by atoms with van der Waals surface area (Å²) in [6.45, 7) is 2.93. The van der Waals surface area contributed by atoms with Crippen LogP contribution < -0.4 is 5.32 Å². The van der Waals surface area contributed by atoms with Crippen LogP contribution in [0.15, 0.2) is 35.3 Å². The second-order valence-corrected chi connectivity index (χ2v) is 4.47. The van der Waals surface area contributed by atoms with Crippen molar-refractivity contribution in [3.63, 3.8) is 0 Å². The van der Waals surface area contributed by atoms with Crippen molar-refractivity contribution >= 4 is 29.9 Å². The van der Waals surface area contributed by atoms with Crippen LogP contribution in [-0.2, 0) is 6.54 Å². The first-order valence-corrected chi connectivity index (χ1v) is 6.02. The monoisotopic (exact) mass is 343 g/mol. The van der Waals surface area contributed by atoms with E-state index in [-0.39, 0.29) is 24.0 Å². The first-order valence-electron chi connectivity index (χ1n) is 6.02. The second kappa shape index (κ2) is 5.71. The Labute approximate surface area is 119 Å². The van der Waals surface area contributed by atoms with Crippen LogP contribution >= 0.6 is 24.0 Å². The molecule has 3 nitrogen and oxygen atoms in total. The number of hydrogen-bond donors (Lipinski definition) is 1. The van der Waals surface area contributed by atoms with Crippen LogP contribution in [0.4, 0.5) is 0 Å². The molecule has 0 saturated heterocycles. The number of aliphatic imine (C=N–C) groups is 1. The van der Waals surface area contributed by atoms with Crippen LogP contribution in [0.2, 0.25) is 0 Å². The molecule has 0 unspecified atom stereocenters. The highest BCUT2D eigenvalue weighted by Gasteiger charge is 2.32. The van der Waals surface area contributed by atoms with Gasteiger partial charge in [0.15, 0.2) is 5.96 Å². The van der Waals surface area contributed by atoms with Crippen molar-refractivity contribution in [2.45, 2.75) is 25.4 Å². The van der Waals surface area contributed by atoms with Gasteiger partial charge in [-0.25, -0.2) is 0 Å². The summed E-state index contributed by atoms with van der Waals surface area (Å²) in [5.41, 5.74) is 1.31. The number of benzene rings is 1. The zero-order chi connectivity index (χ0) is 10.8. The van der Waals surface area contributed by atoms with Gasteiger partial charge in [0, 0.05) is 19.1 Å². The van der Waals surface area contributed by atoms with Crippen molar-refractivity contribution < 1.29 is 0 Å². The molecule has 1 aromatic rings. The average molecular weight is 343 g/mol. The Kier molecular flexibility index (Phi) is 4.25. The molecule has 4 heteroatoms. The van der Waals surface area contributed by atoms with Crippen LogP contribution in [0.25, 0.3) is 0 Å². The second-order valence-electron chi connectivity index (χ2n) is 4.47. The van der Waals surface area contributed by atoms with E-state index < -0.39 is 0 Å². The zero-order valence-electron chi connectivity index (χ0n) is 9.80. The Morgan fingerprint density at radius 2 is 2.00 bits per heavy atom. The predicted molar refractivity (Wildman–Crippen MR) is 80.7 cm³/mol. The van der Waals surface area contributed by atoms with Gasteiger partial charge < -0.3 is 10.2 Å². The van der Waals surface area contributed by atoms with Crippen LogP contribution in [0.1, 0.15) is 18.4 Å². The summed E-state index contributed by atoms with van der Waals surface area (Å²) < 4.78 is 0. The van der Waals surface area contributed by atoms with Gasteiger partial charge in [-0.2, -0.15) is 0 Å². The van der Waals surface area contributed by atoms with Gasteiger partial charge >= 0.3 is 0 Å². The molecule has 1 saturated carbocycles. The Bertz CT molecular complexity index is 387. The van der Waals surface area contributed by atoms with E-state index in [0.29, 0.717) is 0 Å². The number of nitrogens with one attached hydrogen (secondary N) is 1. The molecule has 1 aliphatic carbocycles. The number of hydrogen-bond acceptors (Lipinski definition) is 3. The minimum absolute atomic E-state index is 0. The minimum atomic E-state index is 0. The fraction of sp³-hybridized carbons (Fsp3) is 0.462. The molecule has 1 aliphatic heterocycles. The molecule has 2 aliphatic rings. The molecular formula is C13H18IN3. The number of nitrogens with zero attached hydrogens (tertiary/aromatic N) is 2. The molecule has 3 rings (SSSR count). The topological polar surface area (TPSA) is 27.6 Å². The van der Waals surface area contributed by atoms with E-state index in [0.717, 1.165) is 31.6 Å². The standard InChI is InChI=1S/C13H17N3.HI/c1-2-4-11(5-3-1)10-15-13-14-8-9-16(13)12-6-7-12;/h1-5,12H,6-10H2,(H,14,15);1H. The lowest BCUT2D eigenvalue weighted by atomic mass is 10.2. The van der Waals surface area contributed by atoms with Crippen LogP contribution in [0.3, 0.4) is 0 Å².